The third kappa shape index (κ3) is 2.14. The fourth-order valence-corrected chi connectivity index (χ4v) is 2.23. The van der Waals surface area contributed by atoms with Crippen LogP contribution in [0.3, 0.4) is 0 Å². The highest BCUT2D eigenvalue weighted by molar-refractivity contribution is 5.59. The van der Waals surface area contributed by atoms with Gasteiger partial charge in [0.1, 0.15) is 0 Å². The molecule has 1 fully saturated rings. The molecular formula is C13H19NO2. The molecule has 1 aromatic carbocycles. The molecule has 3 aliphatic rings. The third-order valence-corrected chi connectivity index (χ3v) is 3.32. The maximum absolute atomic E-state index is 8.86. The number of benzene rings is 1. The van der Waals surface area contributed by atoms with Gasteiger partial charge in [-0.3, -0.25) is 0 Å². The van der Waals surface area contributed by atoms with Gasteiger partial charge in [0.2, 0.25) is 5.75 Å². The van der Waals surface area contributed by atoms with Gasteiger partial charge in [-0.1, -0.05) is 13.0 Å². The molecule has 0 aliphatic carbocycles. The SMILES string of the molecule is CCC1CCCN1C.Oc1c2cccc1O2. The molecule has 1 aromatic rings. The molecular weight excluding hydrogens is 202 g/mol. The number of hydrogen-bond acceptors (Lipinski definition) is 3. The molecule has 16 heavy (non-hydrogen) atoms. The third-order valence-electron chi connectivity index (χ3n) is 3.32. The Morgan fingerprint density at radius 2 is 2.12 bits per heavy atom. The van der Waals surface area contributed by atoms with Crippen LogP contribution in [0.2, 0.25) is 0 Å². The second-order valence-corrected chi connectivity index (χ2v) is 4.39. The van der Waals surface area contributed by atoms with E-state index in [-0.39, 0.29) is 5.75 Å². The van der Waals surface area contributed by atoms with E-state index in [0.717, 1.165) is 6.04 Å². The molecule has 1 N–H and O–H groups in total. The molecule has 1 saturated heterocycles. The van der Waals surface area contributed by atoms with Crippen molar-refractivity contribution >= 4 is 0 Å². The highest BCUT2D eigenvalue weighted by Crippen LogP contribution is 2.47. The van der Waals surface area contributed by atoms with E-state index in [2.05, 4.69) is 18.9 Å². The standard InChI is InChI=1S/C7H15N.C6H4O2/c1-3-7-5-4-6-8(7)2;7-6-4-2-1-3-5(6)8-4/h7H,3-6H2,1-2H3;1-3,7H. The van der Waals surface area contributed by atoms with Crippen LogP contribution in [0.15, 0.2) is 18.2 Å². The van der Waals surface area contributed by atoms with Gasteiger partial charge in [-0.15, -0.1) is 0 Å². The van der Waals surface area contributed by atoms with Crippen LogP contribution in [0.1, 0.15) is 26.2 Å². The molecule has 0 aromatic heterocycles. The Morgan fingerprint density at radius 1 is 1.44 bits per heavy atom. The molecule has 1 unspecified atom stereocenters. The van der Waals surface area contributed by atoms with Crippen LogP contribution in [-0.2, 0) is 0 Å². The smallest absolute Gasteiger partial charge is 0.202 e. The Kier molecular flexibility index (Phi) is 3.34. The molecule has 0 spiro atoms. The van der Waals surface area contributed by atoms with E-state index < -0.39 is 0 Å². The summed E-state index contributed by atoms with van der Waals surface area (Å²) < 4.78 is 4.89. The first-order valence-electron chi connectivity index (χ1n) is 5.92. The molecule has 3 heteroatoms. The van der Waals surface area contributed by atoms with Gasteiger partial charge in [-0.05, 0) is 45.0 Å². The largest absolute Gasteiger partial charge is 0.502 e. The van der Waals surface area contributed by atoms with Crippen LogP contribution in [0, 0.1) is 0 Å². The highest BCUT2D eigenvalue weighted by Gasteiger charge is 2.19. The van der Waals surface area contributed by atoms with Crippen molar-refractivity contribution in [2.24, 2.45) is 0 Å². The van der Waals surface area contributed by atoms with Gasteiger partial charge >= 0.3 is 0 Å². The van der Waals surface area contributed by atoms with Crippen molar-refractivity contribution in [2.75, 3.05) is 13.6 Å². The van der Waals surface area contributed by atoms with Crippen molar-refractivity contribution in [3.63, 3.8) is 0 Å². The van der Waals surface area contributed by atoms with Crippen LogP contribution in [0.4, 0.5) is 0 Å². The first-order chi connectivity index (χ1) is 7.72. The van der Waals surface area contributed by atoms with E-state index >= 15 is 0 Å². The Labute approximate surface area is 96.6 Å². The number of para-hydroxylation sites is 1. The molecule has 0 radical (unpaired) electrons. The van der Waals surface area contributed by atoms with Crippen LogP contribution < -0.4 is 4.74 Å². The summed E-state index contributed by atoms with van der Waals surface area (Å²) in [5.74, 6) is 1.46. The Hall–Kier alpha value is -1.22. The Bertz CT molecular complexity index is 345. The summed E-state index contributed by atoms with van der Waals surface area (Å²) in [5, 5.41) is 8.86. The lowest BCUT2D eigenvalue weighted by Gasteiger charge is -2.17. The number of phenolic OH excluding ortho intramolecular Hbond substituents is 1. The average molecular weight is 221 g/mol. The number of likely N-dealkylation sites (tertiary alicyclic amines) is 1. The normalized spacial score (nSPS) is 21.8. The summed E-state index contributed by atoms with van der Waals surface area (Å²) in [7, 11) is 2.22. The Balaban J connectivity index is 0.000000120. The highest BCUT2D eigenvalue weighted by atomic mass is 16.5. The minimum absolute atomic E-state index is 0.285. The summed E-state index contributed by atoms with van der Waals surface area (Å²) in [6.45, 7) is 3.59. The maximum Gasteiger partial charge on any atom is 0.202 e. The van der Waals surface area contributed by atoms with Crippen molar-refractivity contribution in [2.45, 2.75) is 32.2 Å². The zero-order chi connectivity index (χ0) is 11.5. The van der Waals surface area contributed by atoms with E-state index in [4.69, 9.17) is 9.84 Å². The Morgan fingerprint density at radius 3 is 2.38 bits per heavy atom. The van der Waals surface area contributed by atoms with Gasteiger partial charge in [0.15, 0.2) is 11.5 Å². The van der Waals surface area contributed by atoms with Gasteiger partial charge in [-0.2, -0.15) is 0 Å². The second-order valence-electron chi connectivity index (χ2n) is 4.39. The zero-order valence-corrected chi connectivity index (χ0v) is 9.94. The summed E-state index contributed by atoms with van der Waals surface area (Å²) in [6.07, 6.45) is 4.17. The quantitative estimate of drug-likeness (QED) is 0.803. The molecule has 0 amide bonds. The molecule has 88 valence electrons. The second kappa shape index (κ2) is 4.74. The van der Waals surface area contributed by atoms with E-state index in [1.807, 2.05) is 6.07 Å². The van der Waals surface area contributed by atoms with Crippen molar-refractivity contribution in [1.29, 1.82) is 0 Å². The van der Waals surface area contributed by atoms with Crippen molar-refractivity contribution in [3.8, 4) is 17.2 Å². The predicted molar refractivity (Wildman–Crippen MR) is 64.1 cm³/mol. The minimum atomic E-state index is 0.285. The van der Waals surface area contributed by atoms with Gasteiger partial charge in [0.05, 0.1) is 0 Å². The van der Waals surface area contributed by atoms with E-state index in [0.29, 0.717) is 11.5 Å². The van der Waals surface area contributed by atoms with Crippen molar-refractivity contribution in [3.05, 3.63) is 18.2 Å². The van der Waals surface area contributed by atoms with Crippen LogP contribution in [0.5, 0.6) is 17.2 Å². The number of fused-ring (bicyclic) bond motifs is 2. The molecule has 0 saturated carbocycles. The fourth-order valence-electron chi connectivity index (χ4n) is 2.23. The molecule has 4 rings (SSSR count). The number of rotatable bonds is 1. The number of ether oxygens (including phenoxy) is 1. The number of nitrogens with zero attached hydrogens (tertiary/aromatic N) is 1. The summed E-state index contributed by atoms with van der Waals surface area (Å²) >= 11 is 0. The van der Waals surface area contributed by atoms with Crippen LogP contribution in [0.25, 0.3) is 0 Å². The van der Waals surface area contributed by atoms with E-state index in [1.165, 1.54) is 25.8 Å². The van der Waals surface area contributed by atoms with Crippen LogP contribution in [-0.4, -0.2) is 29.6 Å². The minimum Gasteiger partial charge on any atom is -0.502 e. The van der Waals surface area contributed by atoms with Gasteiger partial charge in [0.25, 0.3) is 0 Å². The number of aromatic hydroxyl groups is 1. The number of phenols is 1. The lowest BCUT2D eigenvalue weighted by atomic mass is 10.2. The molecule has 2 bridgehead atoms. The first-order valence-corrected chi connectivity index (χ1v) is 5.92. The van der Waals surface area contributed by atoms with Crippen molar-refractivity contribution in [1.82, 2.24) is 4.90 Å². The lowest BCUT2D eigenvalue weighted by molar-refractivity contribution is 0.304. The van der Waals surface area contributed by atoms with E-state index in [9.17, 15) is 0 Å². The number of hydrogen-bond donors (Lipinski definition) is 1. The van der Waals surface area contributed by atoms with E-state index in [1.54, 1.807) is 12.1 Å². The first kappa shape index (κ1) is 11.3. The monoisotopic (exact) mass is 221 g/mol. The van der Waals surface area contributed by atoms with Gasteiger partial charge < -0.3 is 14.7 Å². The summed E-state index contributed by atoms with van der Waals surface area (Å²) in [4.78, 5) is 2.46. The van der Waals surface area contributed by atoms with Gasteiger partial charge in [0, 0.05) is 6.04 Å². The van der Waals surface area contributed by atoms with Crippen LogP contribution >= 0.6 is 0 Å². The lowest BCUT2D eigenvalue weighted by Crippen LogP contribution is -2.23. The molecule has 1 atom stereocenters. The molecule has 3 heterocycles. The summed E-state index contributed by atoms with van der Waals surface area (Å²) in [5.41, 5.74) is 0. The fraction of sp³-hybridized carbons (Fsp3) is 0.538. The van der Waals surface area contributed by atoms with Gasteiger partial charge in [-0.25, -0.2) is 0 Å². The topological polar surface area (TPSA) is 32.7 Å². The predicted octanol–water partition coefficient (Wildman–Crippen LogP) is 2.99. The average Bonchev–Trinajstić information content (AvgIpc) is 2.75. The zero-order valence-electron chi connectivity index (χ0n) is 9.94. The maximum atomic E-state index is 8.86. The molecule has 3 aliphatic heterocycles. The summed E-state index contributed by atoms with van der Waals surface area (Å²) in [6, 6.07) is 6.19. The molecule has 3 nitrogen and oxygen atoms in total. The van der Waals surface area contributed by atoms with Crippen molar-refractivity contribution < 1.29 is 9.84 Å².